The maximum Gasteiger partial charge on any atom is 0.255 e. The van der Waals surface area contributed by atoms with Gasteiger partial charge in [-0.25, -0.2) is 0 Å². The molecule has 0 radical (unpaired) electrons. The summed E-state index contributed by atoms with van der Waals surface area (Å²) in [5, 5.41) is 9.87. The van der Waals surface area contributed by atoms with Crippen LogP contribution in [0.2, 0.25) is 10.0 Å². The summed E-state index contributed by atoms with van der Waals surface area (Å²) >= 11 is 12.1. The quantitative estimate of drug-likeness (QED) is 0.925. The van der Waals surface area contributed by atoms with E-state index in [-0.39, 0.29) is 18.6 Å². The van der Waals surface area contributed by atoms with Crippen LogP contribution in [0.1, 0.15) is 36.0 Å². The van der Waals surface area contributed by atoms with Crippen molar-refractivity contribution < 1.29 is 9.90 Å². The third kappa shape index (κ3) is 3.27. The Hall–Kier alpha value is -0.770. The van der Waals surface area contributed by atoms with Gasteiger partial charge < -0.3 is 10.0 Å². The first-order chi connectivity index (χ1) is 9.54. The number of hydrogen-bond acceptors (Lipinski definition) is 2. The van der Waals surface area contributed by atoms with Gasteiger partial charge in [-0.15, -0.1) is 0 Å². The van der Waals surface area contributed by atoms with Crippen LogP contribution >= 0.6 is 23.2 Å². The highest BCUT2D eigenvalue weighted by molar-refractivity contribution is 6.43. The van der Waals surface area contributed by atoms with Crippen LogP contribution in [0.15, 0.2) is 18.2 Å². The molecule has 0 aliphatic heterocycles. The minimum absolute atomic E-state index is 0.0926. The second kappa shape index (κ2) is 6.79. The summed E-state index contributed by atoms with van der Waals surface area (Å²) < 4.78 is 0. The summed E-state index contributed by atoms with van der Waals surface area (Å²) in [5.41, 5.74) is 0.450. The van der Waals surface area contributed by atoms with Gasteiger partial charge in [-0.05, 0) is 43.7 Å². The summed E-state index contributed by atoms with van der Waals surface area (Å²) in [6.07, 6.45) is 3.77. The Morgan fingerprint density at radius 1 is 1.30 bits per heavy atom. The second-order valence-corrected chi connectivity index (χ2v) is 6.16. The fraction of sp³-hybridized carbons (Fsp3) is 0.533. The predicted octanol–water partition coefficient (Wildman–Crippen LogP) is 3.62. The fourth-order valence-electron chi connectivity index (χ4n) is 2.74. The van der Waals surface area contributed by atoms with Crippen molar-refractivity contribution in [3.8, 4) is 0 Å². The smallest absolute Gasteiger partial charge is 0.255 e. The number of amides is 1. The second-order valence-electron chi connectivity index (χ2n) is 5.37. The van der Waals surface area contributed by atoms with E-state index in [4.69, 9.17) is 28.3 Å². The maximum atomic E-state index is 12.5. The van der Waals surface area contributed by atoms with Crippen LogP contribution in [-0.4, -0.2) is 35.6 Å². The van der Waals surface area contributed by atoms with Gasteiger partial charge in [0.05, 0.1) is 15.6 Å². The molecule has 2 rings (SSSR count). The van der Waals surface area contributed by atoms with Crippen LogP contribution in [-0.2, 0) is 0 Å². The minimum atomic E-state index is -0.0926. The molecular weight excluding hydrogens is 297 g/mol. The third-order valence-electron chi connectivity index (χ3n) is 4.12. The van der Waals surface area contributed by atoms with Gasteiger partial charge in [-0.1, -0.05) is 29.3 Å². The molecule has 1 saturated carbocycles. The lowest BCUT2D eigenvalue weighted by atomic mass is 9.86. The number of hydrogen-bond donors (Lipinski definition) is 1. The van der Waals surface area contributed by atoms with Crippen LogP contribution in [0.3, 0.4) is 0 Å². The largest absolute Gasteiger partial charge is 0.396 e. The molecule has 0 unspecified atom stereocenters. The molecule has 0 heterocycles. The molecule has 0 spiro atoms. The summed E-state index contributed by atoms with van der Waals surface area (Å²) in [5.74, 6) is 0.287. The molecule has 1 aliphatic rings. The topological polar surface area (TPSA) is 40.5 Å². The Balaban J connectivity index is 2.07. The van der Waals surface area contributed by atoms with Gasteiger partial charge in [0, 0.05) is 19.7 Å². The number of carbonyl (C=O) groups excluding carboxylic acids is 1. The van der Waals surface area contributed by atoms with Gasteiger partial charge in [-0.2, -0.15) is 0 Å². The number of benzene rings is 1. The van der Waals surface area contributed by atoms with Crippen molar-refractivity contribution in [3.05, 3.63) is 33.8 Å². The van der Waals surface area contributed by atoms with Crippen LogP contribution < -0.4 is 0 Å². The maximum absolute atomic E-state index is 12.5. The van der Waals surface area contributed by atoms with Gasteiger partial charge in [0.25, 0.3) is 5.91 Å². The molecule has 0 bridgehead atoms. The van der Waals surface area contributed by atoms with E-state index >= 15 is 0 Å². The fourth-order valence-corrected chi connectivity index (χ4v) is 3.12. The molecule has 1 aliphatic carbocycles. The Morgan fingerprint density at radius 2 is 1.95 bits per heavy atom. The zero-order chi connectivity index (χ0) is 14.7. The van der Waals surface area contributed by atoms with Crippen LogP contribution in [0.25, 0.3) is 0 Å². The van der Waals surface area contributed by atoms with Crippen LogP contribution in [0, 0.1) is 5.92 Å². The minimum Gasteiger partial charge on any atom is -0.396 e. The van der Waals surface area contributed by atoms with Crippen molar-refractivity contribution in [2.24, 2.45) is 5.92 Å². The van der Waals surface area contributed by atoms with E-state index in [9.17, 15) is 4.79 Å². The summed E-state index contributed by atoms with van der Waals surface area (Å²) in [6.45, 7) is 0.241. The van der Waals surface area contributed by atoms with Gasteiger partial charge in [0.2, 0.25) is 0 Å². The Morgan fingerprint density at radius 3 is 2.55 bits per heavy atom. The molecule has 1 N–H and O–H groups in total. The Bertz CT molecular complexity index is 485. The highest BCUT2D eigenvalue weighted by Crippen LogP contribution is 2.30. The molecule has 1 fully saturated rings. The monoisotopic (exact) mass is 315 g/mol. The molecule has 1 aromatic rings. The van der Waals surface area contributed by atoms with Crippen molar-refractivity contribution in [2.45, 2.75) is 31.7 Å². The van der Waals surface area contributed by atoms with Crippen LogP contribution in [0.4, 0.5) is 0 Å². The van der Waals surface area contributed by atoms with Crippen molar-refractivity contribution in [2.75, 3.05) is 13.7 Å². The number of nitrogens with zero attached hydrogens (tertiary/aromatic N) is 1. The van der Waals surface area contributed by atoms with Gasteiger partial charge in [0.1, 0.15) is 0 Å². The van der Waals surface area contributed by atoms with Crippen molar-refractivity contribution in [3.63, 3.8) is 0 Å². The van der Waals surface area contributed by atoms with Crippen molar-refractivity contribution in [1.29, 1.82) is 0 Å². The van der Waals surface area contributed by atoms with Gasteiger partial charge in [-0.3, -0.25) is 4.79 Å². The molecule has 0 saturated heterocycles. The van der Waals surface area contributed by atoms with E-state index in [2.05, 4.69) is 0 Å². The molecule has 0 aromatic heterocycles. The SMILES string of the molecule is CN(C(=O)c1cccc(Cl)c1Cl)C1CCC(CO)CC1. The first-order valence-electron chi connectivity index (χ1n) is 6.86. The summed E-state index contributed by atoms with van der Waals surface area (Å²) in [7, 11) is 1.81. The van der Waals surface area contributed by atoms with Crippen LogP contribution in [0.5, 0.6) is 0 Å². The van der Waals surface area contributed by atoms with Gasteiger partial charge >= 0.3 is 0 Å². The predicted molar refractivity (Wildman–Crippen MR) is 81.4 cm³/mol. The molecule has 1 amide bonds. The van der Waals surface area contributed by atoms with Crippen molar-refractivity contribution in [1.82, 2.24) is 4.90 Å². The molecular formula is C15H19Cl2NO2. The molecule has 1 aromatic carbocycles. The lowest BCUT2D eigenvalue weighted by Crippen LogP contribution is -2.40. The standard InChI is InChI=1S/C15H19Cl2NO2/c1-18(11-7-5-10(9-19)6-8-11)15(20)12-3-2-4-13(16)14(12)17/h2-4,10-11,19H,5-9H2,1H3. The zero-order valence-corrected chi connectivity index (χ0v) is 13.0. The van der Waals surface area contributed by atoms with E-state index in [1.165, 1.54) is 0 Å². The number of rotatable bonds is 3. The normalized spacial score (nSPS) is 22.6. The van der Waals surface area contributed by atoms with E-state index in [0.717, 1.165) is 25.7 Å². The zero-order valence-electron chi connectivity index (χ0n) is 11.5. The molecule has 20 heavy (non-hydrogen) atoms. The number of aliphatic hydroxyl groups is 1. The molecule has 5 heteroatoms. The average Bonchev–Trinajstić information content (AvgIpc) is 2.48. The van der Waals surface area contributed by atoms with Crippen molar-refractivity contribution >= 4 is 29.1 Å². The lowest BCUT2D eigenvalue weighted by Gasteiger charge is -2.34. The summed E-state index contributed by atoms with van der Waals surface area (Å²) in [4.78, 5) is 14.3. The highest BCUT2D eigenvalue weighted by Gasteiger charge is 2.27. The first-order valence-corrected chi connectivity index (χ1v) is 7.62. The lowest BCUT2D eigenvalue weighted by molar-refractivity contribution is 0.0653. The molecule has 110 valence electrons. The average molecular weight is 316 g/mol. The Kier molecular flexibility index (Phi) is 5.30. The molecule has 0 atom stereocenters. The highest BCUT2D eigenvalue weighted by atomic mass is 35.5. The summed E-state index contributed by atoms with van der Waals surface area (Å²) in [6, 6.07) is 5.32. The Labute approximate surface area is 129 Å². The number of aliphatic hydroxyl groups excluding tert-OH is 1. The number of carbonyl (C=O) groups is 1. The van der Waals surface area contributed by atoms with Gasteiger partial charge in [0.15, 0.2) is 0 Å². The third-order valence-corrected chi connectivity index (χ3v) is 4.94. The van der Waals surface area contributed by atoms with E-state index in [0.29, 0.717) is 21.5 Å². The molecule has 3 nitrogen and oxygen atoms in total. The van der Waals surface area contributed by atoms with E-state index in [1.54, 1.807) is 23.1 Å². The van der Waals surface area contributed by atoms with E-state index in [1.807, 2.05) is 7.05 Å². The number of halogens is 2. The first kappa shape index (κ1) is 15.6. The van der Waals surface area contributed by atoms with E-state index < -0.39 is 0 Å².